The molecule has 4 rings (SSSR count). The fraction of sp³-hybridized carbons (Fsp3) is 0.0833. The zero-order valence-electron chi connectivity index (χ0n) is 16.1. The number of imidazole rings is 1. The van der Waals surface area contributed by atoms with Crippen LogP contribution in [-0.2, 0) is 6.61 Å². The molecule has 0 aliphatic carbocycles. The van der Waals surface area contributed by atoms with Gasteiger partial charge in [0.25, 0.3) is 0 Å². The lowest BCUT2D eigenvalue weighted by Crippen LogP contribution is -1.96. The molecule has 30 heavy (non-hydrogen) atoms. The second-order valence-corrected chi connectivity index (χ2v) is 7.74. The summed E-state index contributed by atoms with van der Waals surface area (Å²) in [6.07, 6.45) is 1.77. The summed E-state index contributed by atoms with van der Waals surface area (Å²) in [5, 5.41) is 9.63. The topological polar surface area (TPSA) is 61.7 Å². The van der Waals surface area contributed by atoms with Gasteiger partial charge in [0.05, 0.1) is 21.1 Å². The van der Waals surface area contributed by atoms with Crippen molar-refractivity contribution in [3.63, 3.8) is 0 Å². The Morgan fingerprint density at radius 2 is 2.07 bits per heavy atom. The number of nitriles is 1. The maximum atomic E-state index is 13.3. The Hall–Kier alpha value is -3.43. The number of halogens is 2. The van der Waals surface area contributed by atoms with E-state index in [-0.39, 0.29) is 12.4 Å². The molecule has 0 saturated carbocycles. The van der Waals surface area contributed by atoms with Crippen molar-refractivity contribution < 1.29 is 9.13 Å². The summed E-state index contributed by atoms with van der Waals surface area (Å²) in [4.78, 5) is 7.73. The van der Waals surface area contributed by atoms with Crippen molar-refractivity contribution in [1.29, 1.82) is 5.26 Å². The predicted octanol–water partition coefficient (Wildman–Crippen LogP) is 6.42. The number of H-pyrrole nitrogens is 1. The average molecular weight is 462 g/mol. The number of fused-ring (bicyclic) bond motifs is 1. The van der Waals surface area contributed by atoms with Gasteiger partial charge in [-0.15, -0.1) is 0 Å². The summed E-state index contributed by atoms with van der Waals surface area (Å²) in [6.45, 7) is 2.27. The zero-order chi connectivity index (χ0) is 21.1. The zero-order valence-corrected chi connectivity index (χ0v) is 17.7. The summed E-state index contributed by atoms with van der Waals surface area (Å²) in [5.74, 6) is 0.871. The van der Waals surface area contributed by atoms with Gasteiger partial charge in [0.15, 0.2) is 0 Å². The lowest BCUT2D eigenvalue weighted by Gasteiger charge is -2.09. The molecule has 0 bridgehead atoms. The molecule has 1 aromatic heterocycles. The van der Waals surface area contributed by atoms with E-state index in [1.807, 2.05) is 49.4 Å². The minimum absolute atomic E-state index is 0.257. The molecule has 0 saturated heterocycles. The van der Waals surface area contributed by atoms with Gasteiger partial charge in [-0.05, 0) is 82.0 Å². The van der Waals surface area contributed by atoms with E-state index in [1.165, 1.54) is 12.1 Å². The van der Waals surface area contributed by atoms with Crippen LogP contribution in [-0.4, -0.2) is 9.97 Å². The van der Waals surface area contributed by atoms with E-state index >= 15 is 0 Å². The SMILES string of the molecule is Cc1ccc2nc(C(C#N)=Cc3ccc(OCc4cccc(F)c4)c(Br)c3)[nH]c2c1. The molecule has 0 fully saturated rings. The third-order valence-electron chi connectivity index (χ3n) is 4.56. The Morgan fingerprint density at radius 1 is 1.20 bits per heavy atom. The summed E-state index contributed by atoms with van der Waals surface area (Å²) >= 11 is 3.50. The molecule has 0 aliphatic rings. The molecule has 3 aromatic carbocycles. The van der Waals surface area contributed by atoms with Crippen LogP contribution >= 0.6 is 15.9 Å². The number of aryl methyl sites for hydroxylation is 1. The summed E-state index contributed by atoms with van der Waals surface area (Å²) < 4.78 is 19.8. The van der Waals surface area contributed by atoms with Crippen molar-refractivity contribution in [1.82, 2.24) is 9.97 Å². The number of aromatic nitrogens is 2. The van der Waals surface area contributed by atoms with Crippen LogP contribution in [0.4, 0.5) is 4.39 Å². The van der Waals surface area contributed by atoms with Crippen molar-refractivity contribution in [3.05, 3.63) is 93.5 Å². The number of hydrogen-bond acceptors (Lipinski definition) is 3. The van der Waals surface area contributed by atoms with Gasteiger partial charge in [-0.2, -0.15) is 5.26 Å². The number of aromatic amines is 1. The Morgan fingerprint density at radius 3 is 2.83 bits per heavy atom. The fourth-order valence-electron chi connectivity index (χ4n) is 3.08. The van der Waals surface area contributed by atoms with Gasteiger partial charge in [-0.3, -0.25) is 0 Å². The average Bonchev–Trinajstić information content (AvgIpc) is 3.14. The molecule has 0 spiro atoms. The van der Waals surface area contributed by atoms with Crippen LogP contribution in [0.2, 0.25) is 0 Å². The highest BCUT2D eigenvalue weighted by Crippen LogP contribution is 2.29. The van der Waals surface area contributed by atoms with Crippen molar-refractivity contribution in [2.75, 3.05) is 0 Å². The second-order valence-electron chi connectivity index (χ2n) is 6.88. The van der Waals surface area contributed by atoms with Gasteiger partial charge in [-0.25, -0.2) is 9.37 Å². The first kappa shape index (κ1) is 19.9. The summed E-state index contributed by atoms with van der Waals surface area (Å²) in [6, 6.07) is 20.0. The molecule has 0 amide bonds. The summed E-state index contributed by atoms with van der Waals surface area (Å²) in [5.41, 5.74) is 4.85. The molecule has 6 heteroatoms. The van der Waals surface area contributed by atoms with Crippen molar-refractivity contribution in [3.8, 4) is 11.8 Å². The van der Waals surface area contributed by atoms with E-state index in [0.717, 1.165) is 32.2 Å². The van der Waals surface area contributed by atoms with E-state index in [9.17, 15) is 9.65 Å². The first-order chi connectivity index (χ1) is 14.5. The van der Waals surface area contributed by atoms with Crippen LogP contribution < -0.4 is 4.74 Å². The Labute approximate surface area is 181 Å². The molecular formula is C24H17BrFN3O. The largest absolute Gasteiger partial charge is 0.488 e. The number of nitrogens with one attached hydrogen (secondary N) is 1. The first-order valence-corrected chi connectivity index (χ1v) is 10.1. The monoisotopic (exact) mass is 461 g/mol. The van der Waals surface area contributed by atoms with E-state index < -0.39 is 0 Å². The van der Waals surface area contributed by atoms with Crippen LogP contribution in [0.5, 0.6) is 5.75 Å². The van der Waals surface area contributed by atoms with Gasteiger partial charge in [0.1, 0.15) is 30.1 Å². The van der Waals surface area contributed by atoms with Gasteiger partial charge in [0, 0.05) is 0 Å². The van der Waals surface area contributed by atoms with E-state index in [1.54, 1.807) is 12.1 Å². The van der Waals surface area contributed by atoms with Crippen molar-refractivity contribution >= 4 is 38.6 Å². The third-order valence-corrected chi connectivity index (χ3v) is 5.18. The van der Waals surface area contributed by atoms with Crippen LogP contribution in [0.3, 0.4) is 0 Å². The number of ether oxygens (including phenoxy) is 1. The molecule has 0 unspecified atom stereocenters. The molecule has 0 atom stereocenters. The first-order valence-electron chi connectivity index (χ1n) is 9.27. The molecule has 148 valence electrons. The highest BCUT2D eigenvalue weighted by Gasteiger charge is 2.09. The number of rotatable bonds is 5. The van der Waals surface area contributed by atoms with Crippen LogP contribution in [0, 0.1) is 24.1 Å². The van der Waals surface area contributed by atoms with Gasteiger partial charge in [-0.1, -0.05) is 24.3 Å². The van der Waals surface area contributed by atoms with Crippen molar-refractivity contribution in [2.24, 2.45) is 0 Å². The predicted molar refractivity (Wildman–Crippen MR) is 119 cm³/mol. The summed E-state index contributed by atoms with van der Waals surface area (Å²) in [7, 11) is 0. The van der Waals surface area contributed by atoms with Crippen LogP contribution in [0.1, 0.15) is 22.5 Å². The van der Waals surface area contributed by atoms with Gasteiger partial charge >= 0.3 is 0 Å². The minimum atomic E-state index is -0.291. The van der Waals surface area contributed by atoms with E-state index in [0.29, 0.717) is 17.1 Å². The molecule has 1 N–H and O–H groups in total. The smallest absolute Gasteiger partial charge is 0.149 e. The third kappa shape index (κ3) is 4.42. The van der Waals surface area contributed by atoms with Crippen LogP contribution in [0.25, 0.3) is 22.7 Å². The highest BCUT2D eigenvalue weighted by atomic mass is 79.9. The lowest BCUT2D eigenvalue weighted by molar-refractivity contribution is 0.303. The lowest BCUT2D eigenvalue weighted by atomic mass is 10.1. The molecule has 1 heterocycles. The van der Waals surface area contributed by atoms with Crippen LogP contribution in [0.15, 0.2) is 65.1 Å². The van der Waals surface area contributed by atoms with Gasteiger partial charge < -0.3 is 9.72 Å². The van der Waals surface area contributed by atoms with Gasteiger partial charge in [0.2, 0.25) is 0 Å². The minimum Gasteiger partial charge on any atom is -0.488 e. The maximum absolute atomic E-state index is 13.3. The molecule has 4 nitrogen and oxygen atoms in total. The molecular weight excluding hydrogens is 445 g/mol. The molecule has 4 aromatic rings. The van der Waals surface area contributed by atoms with E-state index in [2.05, 4.69) is 32.0 Å². The molecule has 0 radical (unpaired) electrons. The Balaban J connectivity index is 1.56. The molecule has 0 aliphatic heterocycles. The van der Waals surface area contributed by atoms with E-state index in [4.69, 9.17) is 4.74 Å². The van der Waals surface area contributed by atoms with Crippen molar-refractivity contribution in [2.45, 2.75) is 13.5 Å². The number of allylic oxidation sites excluding steroid dienone is 1. The Kier molecular flexibility index (Phi) is 5.64. The quantitative estimate of drug-likeness (QED) is 0.349. The normalized spacial score (nSPS) is 11.5. The number of hydrogen-bond donors (Lipinski definition) is 1. The highest BCUT2D eigenvalue weighted by molar-refractivity contribution is 9.10. The standard InChI is InChI=1S/C24H17BrFN3O/c1-15-5-7-21-22(9-15)29-24(28-21)18(13-27)10-16-6-8-23(20(25)12-16)30-14-17-3-2-4-19(26)11-17/h2-12H,14H2,1H3,(H,28,29). The Bertz CT molecular complexity index is 1300. The maximum Gasteiger partial charge on any atom is 0.149 e. The fourth-order valence-corrected chi connectivity index (χ4v) is 3.59. The second kappa shape index (κ2) is 8.52. The number of nitrogens with zero attached hydrogens (tertiary/aromatic N) is 2. The number of benzene rings is 3.